The van der Waals surface area contributed by atoms with Crippen LogP contribution in [0.1, 0.15) is 29.7 Å². The average molecular weight is 404 g/mol. The minimum atomic E-state index is -3.40. The van der Waals surface area contributed by atoms with E-state index in [1.54, 1.807) is 36.4 Å². The van der Waals surface area contributed by atoms with Gasteiger partial charge in [0.1, 0.15) is 0 Å². The first-order chi connectivity index (χ1) is 12.8. The molecule has 8 heteroatoms. The third-order valence-electron chi connectivity index (χ3n) is 3.69. The van der Waals surface area contributed by atoms with Crippen molar-refractivity contribution >= 4 is 33.4 Å². The van der Waals surface area contributed by atoms with Crippen molar-refractivity contribution in [3.8, 4) is 6.07 Å². The number of carbonyl (C=O) groups excluding carboxylic acids is 1. The van der Waals surface area contributed by atoms with Crippen LogP contribution in [0.2, 0.25) is 0 Å². The molecule has 0 aliphatic rings. The highest BCUT2D eigenvalue weighted by molar-refractivity contribution is 7.99. The molecule has 2 rings (SSSR count). The zero-order chi connectivity index (χ0) is 19.9. The van der Waals surface area contributed by atoms with Gasteiger partial charge in [0.05, 0.1) is 35.4 Å². The Balaban J connectivity index is 1.89. The molecule has 2 aromatic rings. The number of carbonyl (C=O) groups is 1. The number of nitriles is 1. The normalized spacial score (nSPS) is 12.0. The van der Waals surface area contributed by atoms with E-state index >= 15 is 0 Å². The highest BCUT2D eigenvalue weighted by Gasteiger charge is 2.15. The van der Waals surface area contributed by atoms with Crippen LogP contribution >= 0.6 is 11.8 Å². The summed E-state index contributed by atoms with van der Waals surface area (Å²) in [6, 6.07) is 16.0. The van der Waals surface area contributed by atoms with Gasteiger partial charge in [-0.2, -0.15) is 5.26 Å². The molecule has 0 bridgehead atoms. The van der Waals surface area contributed by atoms with Gasteiger partial charge < -0.3 is 5.32 Å². The second-order valence-electron chi connectivity index (χ2n) is 6.05. The van der Waals surface area contributed by atoms with E-state index in [-0.39, 0.29) is 17.7 Å². The van der Waals surface area contributed by atoms with Gasteiger partial charge in [0, 0.05) is 5.75 Å². The lowest BCUT2D eigenvalue weighted by Gasteiger charge is -2.18. The van der Waals surface area contributed by atoms with Crippen LogP contribution in [0.25, 0.3) is 0 Å². The van der Waals surface area contributed by atoms with E-state index in [2.05, 4.69) is 16.1 Å². The largest absolute Gasteiger partial charge is 0.349 e. The Bertz CT molecular complexity index is 935. The van der Waals surface area contributed by atoms with Crippen molar-refractivity contribution in [2.75, 3.05) is 16.7 Å². The van der Waals surface area contributed by atoms with Crippen LogP contribution < -0.4 is 10.0 Å². The highest BCUT2D eigenvalue weighted by atomic mass is 32.2. The zero-order valence-electron chi connectivity index (χ0n) is 15.1. The summed E-state index contributed by atoms with van der Waals surface area (Å²) in [6.07, 6.45) is 1.09. The summed E-state index contributed by atoms with van der Waals surface area (Å²) in [5.74, 6) is 0.821. The molecule has 0 fully saturated rings. The third kappa shape index (κ3) is 6.96. The smallest absolute Gasteiger partial charge is 0.230 e. The van der Waals surface area contributed by atoms with Crippen LogP contribution in [0.4, 0.5) is 5.69 Å². The van der Waals surface area contributed by atoms with Crippen molar-refractivity contribution in [1.29, 1.82) is 5.26 Å². The number of nitrogens with zero attached hydrogens (tertiary/aromatic N) is 1. The molecule has 0 aliphatic heterocycles. The quantitative estimate of drug-likeness (QED) is 0.706. The number of benzene rings is 2. The van der Waals surface area contributed by atoms with Gasteiger partial charge in [-0.3, -0.25) is 9.52 Å². The van der Waals surface area contributed by atoms with E-state index in [1.165, 1.54) is 11.8 Å². The molecule has 0 aromatic heterocycles. The van der Waals surface area contributed by atoms with Crippen LogP contribution in [-0.2, 0) is 20.6 Å². The van der Waals surface area contributed by atoms with Crippen LogP contribution in [-0.4, -0.2) is 26.3 Å². The molecule has 142 valence electrons. The van der Waals surface area contributed by atoms with E-state index in [0.717, 1.165) is 11.8 Å². The van der Waals surface area contributed by atoms with Gasteiger partial charge in [0.2, 0.25) is 15.9 Å². The van der Waals surface area contributed by atoms with Crippen LogP contribution in [0.5, 0.6) is 0 Å². The number of thioether (sulfide) groups is 1. The van der Waals surface area contributed by atoms with Crippen molar-refractivity contribution < 1.29 is 13.2 Å². The van der Waals surface area contributed by atoms with Crippen molar-refractivity contribution in [2.24, 2.45) is 0 Å². The number of nitrogens with one attached hydrogen (secondary N) is 2. The predicted octanol–water partition coefficient (Wildman–Crippen LogP) is 3.04. The fourth-order valence-electron chi connectivity index (χ4n) is 2.47. The number of hydrogen-bond donors (Lipinski definition) is 2. The van der Waals surface area contributed by atoms with Gasteiger partial charge in [-0.05, 0) is 36.2 Å². The standard InChI is InChI=1S/C19H21N3O3S2/c1-14(17-5-3-4-6-18(17)22-27(2,24)25)21-19(23)13-26-12-16-9-7-15(11-20)8-10-16/h3-10,14,22H,12-13H2,1-2H3,(H,21,23). The molecule has 0 heterocycles. The minimum Gasteiger partial charge on any atom is -0.349 e. The maximum absolute atomic E-state index is 12.2. The van der Waals surface area contributed by atoms with E-state index in [4.69, 9.17) is 5.26 Å². The van der Waals surface area contributed by atoms with E-state index < -0.39 is 10.0 Å². The van der Waals surface area contributed by atoms with Crippen molar-refractivity contribution in [1.82, 2.24) is 5.32 Å². The Kier molecular flexibility index (Phi) is 7.28. The maximum atomic E-state index is 12.2. The molecule has 2 N–H and O–H groups in total. The number of para-hydroxylation sites is 1. The molecule has 0 saturated carbocycles. The van der Waals surface area contributed by atoms with Crippen LogP contribution in [0, 0.1) is 11.3 Å². The Hall–Kier alpha value is -2.50. The first-order valence-electron chi connectivity index (χ1n) is 8.21. The number of hydrogen-bond acceptors (Lipinski definition) is 5. The summed E-state index contributed by atoms with van der Waals surface area (Å²) >= 11 is 1.47. The lowest BCUT2D eigenvalue weighted by molar-refractivity contribution is -0.119. The molecule has 0 radical (unpaired) electrons. The Labute approximate surface area is 164 Å². The SMILES string of the molecule is CC(NC(=O)CSCc1ccc(C#N)cc1)c1ccccc1NS(C)(=O)=O. The summed E-state index contributed by atoms with van der Waals surface area (Å²) in [4.78, 5) is 12.2. The van der Waals surface area contributed by atoms with E-state index in [1.807, 2.05) is 19.1 Å². The molecular weight excluding hydrogens is 382 g/mol. The Morgan fingerprint density at radius 2 is 1.85 bits per heavy atom. The van der Waals surface area contributed by atoms with Gasteiger partial charge >= 0.3 is 0 Å². The molecule has 1 unspecified atom stereocenters. The van der Waals surface area contributed by atoms with E-state index in [0.29, 0.717) is 22.6 Å². The fraction of sp³-hybridized carbons (Fsp3) is 0.263. The first-order valence-corrected chi connectivity index (χ1v) is 11.3. The molecule has 0 aliphatic carbocycles. The first kappa shape index (κ1) is 20.8. The maximum Gasteiger partial charge on any atom is 0.230 e. The van der Waals surface area contributed by atoms with E-state index in [9.17, 15) is 13.2 Å². The Morgan fingerprint density at radius 3 is 2.48 bits per heavy atom. The highest BCUT2D eigenvalue weighted by Crippen LogP contribution is 2.23. The zero-order valence-corrected chi connectivity index (χ0v) is 16.7. The van der Waals surface area contributed by atoms with Crippen molar-refractivity contribution in [3.05, 3.63) is 65.2 Å². The predicted molar refractivity (Wildman–Crippen MR) is 109 cm³/mol. The monoisotopic (exact) mass is 403 g/mol. The van der Waals surface area contributed by atoms with Gasteiger partial charge in [-0.25, -0.2) is 8.42 Å². The van der Waals surface area contributed by atoms with Gasteiger partial charge in [-0.1, -0.05) is 30.3 Å². The molecule has 0 spiro atoms. The summed E-state index contributed by atoms with van der Waals surface area (Å²) in [7, 11) is -3.40. The number of rotatable bonds is 8. The molecule has 1 atom stereocenters. The van der Waals surface area contributed by atoms with Crippen LogP contribution in [0.15, 0.2) is 48.5 Å². The molecule has 0 saturated heterocycles. The van der Waals surface area contributed by atoms with Gasteiger partial charge in [-0.15, -0.1) is 11.8 Å². The third-order valence-corrected chi connectivity index (χ3v) is 5.28. The molecule has 1 amide bonds. The number of anilines is 1. The fourth-order valence-corrected chi connectivity index (χ4v) is 3.85. The van der Waals surface area contributed by atoms with Gasteiger partial charge in [0.25, 0.3) is 0 Å². The number of sulfonamides is 1. The lowest BCUT2D eigenvalue weighted by atomic mass is 10.1. The van der Waals surface area contributed by atoms with Crippen LogP contribution in [0.3, 0.4) is 0 Å². The number of amides is 1. The summed E-state index contributed by atoms with van der Waals surface area (Å²) in [5, 5.41) is 11.7. The lowest BCUT2D eigenvalue weighted by Crippen LogP contribution is -2.29. The van der Waals surface area contributed by atoms with Crippen molar-refractivity contribution in [3.63, 3.8) is 0 Å². The topological polar surface area (TPSA) is 99.1 Å². The van der Waals surface area contributed by atoms with Crippen molar-refractivity contribution in [2.45, 2.75) is 18.7 Å². The molecule has 27 heavy (non-hydrogen) atoms. The minimum absolute atomic E-state index is 0.129. The molecular formula is C19H21N3O3S2. The molecule has 6 nitrogen and oxygen atoms in total. The summed E-state index contributed by atoms with van der Waals surface area (Å²) in [6.45, 7) is 1.81. The summed E-state index contributed by atoms with van der Waals surface area (Å²) < 4.78 is 25.5. The van der Waals surface area contributed by atoms with Gasteiger partial charge in [0.15, 0.2) is 0 Å². The average Bonchev–Trinajstić information content (AvgIpc) is 2.61. The Morgan fingerprint density at radius 1 is 1.19 bits per heavy atom. The second-order valence-corrected chi connectivity index (χ2v) is 8.79. The second kappa shape index (κ2) is 9.44. The summed E-state index contributed by atoms with van der Waals surface area (Å²) in [5.41, 5.74) is 2.81. The molecule has 2 aromatic carbocycles.